The smallest absolute Gasteiger partial charge is 0.293 e. The van der Waals surface area contributed by atoms with Crippen LogP contribution in [-0.4, -0.2) is 28.9 Å². The highest BCUT2D eigenvalue weighted by atomic mass is 32.2. The Morgan fingerprint density at radius 1 is 1.09 bits per heavy atom. The van der Waals surface area contributed by atoms with Crippen molar-refractivity contribution in [3.05, 3.63) is 88.2 Å². The second kappa shape index (κ2) is 10.3. The van der Waals surface area contributed by atoms with Gasteiger partial charge in [0, 0.05) is 53.4 Å². The molecule has 1 saturated heterocycles. The lowest BCUT2D eigenvalue weighted by atomic mass is 10.1. The first-order chi connectivity index (χ1) is 15.6. The zero-order chi connectivity index (χ0) is 22.3. The van der Waals surface area contributed by atoms with Crippen molar-refractivity contribution in [3.8, 4) is 0 Å². The third kappa shape index (κ3) is 5.45. The normalized spacial score (nSPS) is 13.6. The number of anilines is 2. The van der Waals surface area contributed by atoms with Crippen molar-refractivity contribution in [1.29, 1.82) is 0 Å². The molecule has 4 rings (SSSR count). The number of amides is 1. The maximum Gasteiger partial charge on any atom is 0.293 e. The zero-order valence-electron chi connectivity index (χ0n) is 17.6. The first-order valence-electron chi connectivity index (χ1n) is 10.6. The van der Waals surface area contributed by atoms with Crippen molar-refractivity contribution in [1.82, 2.24) is 4.98 Å². The van der Waals surface area contributed by atoms with Crippen molar-refractivity contribution in [2.75, 3.05) is 23.3 Å². The average molecular weight is 449 g/mol. The molecule has 1 aliphatic heterocycles. The molecule has 0 atom stereocenters. The minimum atomic E-state index is -0.408. The summed E-state index contributed by atoms with van der Waals surface area (Å²) in [5.41, 5.74) is 2.61. The Hall–Kier alpha value is -3.39. The van der Waals surface area contributed by atoms with Gasteiger partial charge < -0.3 is 10.2 Å². The summed E-state index contributed by atoms with van der Waals surface area (Å²) in [6.45, 7) is 1.61. The molecule has 8 heteroatoms. The van der Waals surface area contributed by atoms with Crippen molar-refractivity contribution in [2.45, 2.75) is 29.9 Å². The molecule has 1 aromatic heterocycles. The van der Waals surface area contributed by atoms with Crippen LogP contribution in [0.25, 0.3) is 0 Å². The SMILES string of the molecule is O=C(Nc1ccc(SCc2cccnc2)cc1)c1ccc(N2CCCCC2)c([N+](=O)[O-])c1. The van der Waals surface area contributed by atoms with E-state index in [-0.39, 0.29) is 17.2 Å². The molecule has 0 spiro atoms. The molecule has 0 radical (unpaired) electrons. The van der Waals surface area contributed by atoms with Crippen LogP contribution in [-0.2, 0) is 5.75 Å². The fourth-order valence-electron chi connectivity index (χ4n) is 3.70. The van der Waals surface area contributed by atoms with Gasteiger partial charge >= 0.3 is 0 Å². The molecule has 0 aliphatic carbocycles. The van der Waals surface area contributed by atoms with Crippen LogP contribution in [0.5, 0.6) is 0 Å². The van der Waals surface area contributed by atoms with Gasteiger partial charge in [0.25, 0.3) is 11.6 Å². The monoisotopic (exact) mass is 448 g/mol. The Balaban J connectivity index is 1.41. The van der Waals surface area contributed by atoms with Gasteiger partial charge in [0.2, 0.25) is 0 Å². The highest BCUT2D eigenvalue weighted by Crippen LogP contribution is 2.31. The molecule has 0 unspecified atom stereocenters. The molecule has 3 aromatic rings. The van der Waals surface area contributed by atoms with Crippen molar-refractivity contribution < 1.29 is 9.72 Å². The van der Waals surface area contributed by atoms with Crippen LogP contribution in [0.15, 0.2) is 71.9 Å². The third-order valence-corrected chi connectivity index (χ3v) is 6.45. The van der Waals surface area contributed by atoms with Crippen molar-refractivity contribution >= 4 is 34.7 Å². The molecule has 0 bridgehead atoms. The van der Waals surface area contributed by atoms with Crippen LogP contribution >= 0.6 is 11.8 Å². The standard InChI is InChI=1S/C24H24N4O3S/c29-24(19-6-11-22(23(15-19)28(30)31)27-13-2-1-3-14-27)26-20-7-9-21(10-8-20)32-17-18-5-4-12-25-16-18/h4-12,15-16H,1-3,13-14,17H2,(H,26,29). The molecule has 1 N–H and O–H groups in total. The van der Waals surface area contributed by atoms with Crippen LogP contribution in [0, 0.1) is 10.1 Å². The number of nitrogens with one attached hydrogen (secondary N) is 1. The van der Waals surface area contributed by atoms with Crippen molar-refractivity contribution in [2.24, 2.45) is 0 Å². The number of benzene rings is 2. The molecule has 1 fully saturated rings. The summed E-state index contributed by atoms with van der Waals surface area (Å²) in [5, 5.41) is 14.5. The van der Waals surface area contributed by atoms with E-state index in [4.69, 9.17) is 0 Å². The molecular formula is C24H24N4O3S. The second-order valence-corrected chi connectivity index (χ2v) is 8.69. The summed E-state index contributed by atoms with van der Waals surface area (Å²) in [6.07, 6.45) is 6.79. The maximum atomic E-state index is 12.7. The fraction of sp³-hybridized carbons (Fsp3) is 0.250. The Morgan fingerprint density at radius 2 is 1.88 bits per heavy atom. The molecule has 0 saturated carbocycles. The number of aromatic nitrogens is 1. The van der Waals surface area contributed by atoms with Gasteiger partial charge in [0.15, 0.2) is 0 Å². The first-order valence-corrected chi connectivity index (χ1v) is 11.6. The van der Waals surface area contributed by atoms with E-state index in [2.05, 4.69) is 10.3 Å². The van der Waals surface area contributed by atoms with Crippen molar-refractivity contribution in [3.63, 3.8) is 0 Å². The Kier molecular flexibility index (Phi) is 7.01. The molecular weight excluding hydrogens is 424 g/mol. The predicted molar refractivity (Wildman–Crippen MR) is 127 cm³/mol. The first kappa shape index (κ1) is 21.8. The van der Waals surface area contributed by atoms with Gasteiger partial charge in [-0.3, -0.25) is 19.9 Å². The van der Waals surface area contributed by atoms with E-state index >= 15 is 0 Å². The number of carbonyl (C=O) groups is 1. The predicted octanol–water partition coefficient (Wildman–Crippen LogP) is 5.52. The van der Waals surface area contributed by atoms with Gasteiger partial charge in [-0.05, 0) is 67.3 Å². The third-order valence-electron chi connectivity index (χ3n) is 5.37. The Morgan fingerprint density at radius 3 is 2.56 bits per heavy atom. The summed E-state index contributed by atoms with van der Waals surface area (Å²) in [6, 6.07) is 16.2. The quantitative estimate of drug-likeness (QED) is 0.291. The van der Waals surface area contributed by atoms with Gasteiger partial charge in [0.1, 0.15) is 5.69 Å². The molecule has 1 aliphatic rings. The van der Waals surface area contributed by atoms with Crippen LogP contribution in [0.2, 0.25) is 0 Å². The van der Waals surface area contributed by atoms with E-state index in [9.17, 15) is 14.9 Å². The van der Waals surface area contributed by atoms with Crippen LogP contribution in [0.1, 0.15) is 35.2 Å². The van der Waals surface area contributed by atoms with E-state index in [1.165, 1.54) is 6.07 Å². The largest absolute Gasteiger partial charge is 0.366 e. The van der Waals surface area contributed by atoms with E-state index in [0.717, 1.165) is 48.6 Å². The minimum Gasteiger partial charge on any atom is -0.366 e. The van der Waals surface area contributed by atoms with Crippen LogP contribution in [0.3, 0.4) is 0 Å². The van der Waals surface area contributed by atoms with Gasteiger partial charge in [0.05, 0.1) is 4.92 Å². The summed E-state index contributed by atoms with van der Waals surface area (Å²) in [7, 11) is 0. The summed E-state index contributed by atoms with van der Waals surface area (Å²) < 4.78 is 0. The van der Waals surface area contributed by atoms with Gasteiger partial charge in [-0.1, -0.05) is 6.07 Å². The second-order valence-electron chi connectivity index (χ2n) is 7.64. The van der Waals surface area contributed by atoms with Crippen LogP contribution < -0.4 is 10.2 Å². The molecule has 2 heterocycles. The van der Waals surface area contributed by atoms with Gasteiger partial charge in [-0.2, -0.15) is 0 Å². The lowest BCUT2D eigenvalue weighted by molar-refractivity contribution is -0.384. The highest BCUT2D eigenvalue weighted by Gasteiger charge is 2.23. The van der Waals surface area contributed by atoms with Crippen LogP contribution in [0.4, 0.5) is 17.1 Å². The zero-order valence-corrected chi connectivity index (χ0v) is 18.4. The molecule has 164 valence electrons. The highest BCUT2D eigenvalue weighted by molar-refractivity contribution is 7.98. The van der Waals surface area contributed by atoms with E-state index in [0.29, 0.717) is 11.4 Å². The number of pyridine rings is 1. The summed E-state index contributed by atoms with van der Waals surface area (Å²) in [4.78, 5) is 31.2. The van der Waals surface area contributed by atoms with Gasteiger partial charge in [-0.15, -0.1) is 11.8 Å². The summed E-state index contributed by atoms with van der Waals surface area (Å²) >= 11 is 1.69. The lowest BCUT2D eigenvalue weighted by Crippen LogP contribution is -2.30. The van der Waals surface area contributed by atoms with E-state index in [1.54, 1.807) is 30.1 Å². The molecule has 1 amide bonds. The van der Waals surface area contributed by atoms with E-state index < -0.39 is 4.92 Å². The number of nitro groups is 1. The summed E-state index contributed by atoms with van der Waals surface area (Å²) in [5.74, 6) is 0.445. The number of rotatable bonds is 7. The average Bonchev–Trinajstić information content (AvgIpc) is 2.84. The number of hydrogen-bond donors (Lipinski definition) is 1. The Labute approximate surface area is 191 Å². The van der Waals surface area contributed by atoms with Gasteiger partial charge in [-0.25, -0.2) is 0 Å². The maximum absolute atomic E-state index is 12.7. The minimum absolute atomic E-state index is 0.0262. The number of carbonyl (C=O) groups excluding carboxylic acids is 1. The number of nitrogens with zero attached hydrogens (tertiary/aromatic N) is 3. The van der Waals surface area contributed by atoms with E-state index in [1.807, 2.05) is 47.5 Å². The number of thioether (sulfide) groups is 1. The number of nitro benzene ring substituents is 1. The molecule has 32 heavy (non-hydrogen) atoms. The molecule has 7 nitrogen and oxygen atoms in total. The fourth-order valence-corrected chi connectivity index (χ4v) is 4.53. The number of piperidine rings is 1. The topological polar surface area (TPSA) is 88.4 Å². The Bertz CT molecular complexity index is 1080. The lowest BCUT2D eigenvalue weighted by Gasteiger charge is -2.28. The molecule has 2 aromatic carbocycles. The number of hydrogen-bond acceptors (Lipinski definition) is 6.